The lowest BCUT2D eigenvalue weighted by Gasteiger charge is -2.38. The van der Waals surface area contributed by atoms with Gasteiger partial charge in [-0.15, -0.1) is 0 Å². The number of nitrogens with one attached hydrogen (secondary N) is 1. The molecule has 2 N–H and O–H groups in total. The van der Waals surface area contributed by atoms with Crippen LogP contribution in [0, 0.1) is 11.6 Å². The standard InChI is InChI=1S/C19H19F4N5O2/c1-30-8-2-3-13-4-7-17(24-10-13)19(22,23)18(29,11-28-12-25-26-27-28)15-6-5-14(20)9-16(15)21/h2-7,9-10,29H,8,11-12H2,1H3,(H,25,27). The van der Waals surface area contributed by atoms with Crippen LogP contribution in [-0.2, 0) is 16.3 Å². The Balaban J connectivity index is 2.00. The van der Waals surface area contributed by atoms with Crippen LogP contribution < -0.4 is 5.53 Å². The molecule has 3 rings (SSSR count). The van der Waals surface area contributed by atoms with E-state index in [9.17, 15) is 13.9 Å². The van der Waals surface area contributed by atoms with Gasteiger partial charge in [0.2, 0.25) is 0 Å². The number of methoxy groups -OCH3 is 1. The minimum absolute atomic E-state index is 0.141. The van der Waals surface area contributed by atoms with E-state index in [1.165, 1.54) is 19.4 Å². The zero-order valence-electron chi connectivity index (χ0n) is 15.9. The van der Waals surface area contributed by atoms with Gasteiger partial charge in [-0.2, -0.15) is 18.9 Å². The lowest BCUT2D eigenvalue weighted by molar-refractivity contribution is -0.210. The van der Waals surface area contributed by atoms with Gasteiger partial charge in [0.1, 0.15) is 24.0 Å². The molecule has 1 aliphatic rings. The summed E-state index contributed by atoms with van der Waals surface area (Å²) in [5.41, 5.74) is -1.81. The van der Waals surface area contributed by atoms with Crippen molar-refractivity contribution in [3.8, 4) is 0 Å². The summed E-state index contributed by atoms with van der Waals surface area (Å²) in [6.07, 6.45) is 4.49. The Morgan fingerprint density at radius 2 is 2.07 bits per heavy atom. The average Bonchev–Trinajstić information content (AvgIpc) is 3.21. The molecule has 0 aliphatic carbocycles. The molecule has 1 atom stereocenters. The van der Waals surface area contributed by atoms with Gasteiger partial charge in [-0.3, -0.25) is 4.98 Å². The number of hydrazine groups is 1. The number of benzene rings is 1. The second-order valence-corrected chi connectivity index (χ2v) is 6.57. The van der Waals surface area contributed by atoms with Crippen LogP contribution in [0.4, 0.5) is 17.6 Å². The Labute approximate surface area is 169 Å². The van der Waals surface area contributed by atoms with E-state index in [-0.39, 0.29) is 6.67 Å². The molecule has 2 aromatic rings. The molecule has 0 fully saturated rings. The predicted molar refractivity (Wildman–Crippen MR) is 98.9 cm³/mol. The minimum Gasteiger partial charge on any atom is -0.381 e. The Bertz CT molecular complexity index is 931. The molecule has 0 amide bonds. The van der Waals surface area contributed by atoms with Gasteiger partial charge in [-0.25, -0.2) is 14.3 Å². The smallest absolute Gasteiger partial charge is 0.323 e. The summed E-state index contributed by atoms with van der Waals surface area (Å²) in [4.78, 5) is 3.76. The highest BCUT2D eigenvalue weighted by molar-refractivity contribution is 5.48. The molecule has 0 saturated carbocycles. The molecule has 0 bridgehead atoms. The molecular formula is C19H19F4N5O2. The highest BCUT2D eigenvalue weighted by Crippen LogP contribution is 2.46. The van der Waals surface area contributed by atoms with Gasteiger partial charge in [0, 0.05) is 24.9 Å². The fourth-order valence-electron chi connectivity index (χ4n) is 2.96. The van der Waals surface area contributed by atoms with Crippen LogP contribution in [0.2, 0.25) is 0 Å². The van der Waals surface area contributed by atoms with E-state index in [4.69, 9.17) is 4.74 Å². The van der Waals surface area contributed by atoms with Crippen molar-refractivity contribution in [2.45, 2.75) is 11.5 Å². The van der Waals surface area contributed by atoms with E-state index in [1.807, 2.05) is 0 Å². The van der Waals surface area contributed by atoms with Crippen molar-refractivity contribution in [1.29, 1.82) is 0 Å². The Morgan fingerprint density at radius 1 is 1.27 bits per heavy atom. The number of β-amino-alcohol motifs (C(OH)–C–C–N with tert-alkyl or cyclic N) is 1. The van der Waals surface area contributed by atoms with Crippen molar-refractivity contribution in [2.24, 2.45) is 10.3 Å². The lowest BCUT2D eigenvalue weighted by atomic mass is 9.84. The molecule has 7 nitrogen and oxygen atoms in total. The lowest BCUT2D eigenvalue weighted by Crippen LogP contribution is -2.53. The highest BCUT2D eigenvalue weighted by Gasteiger charge is 2.58. The summed E-state index contributed by atoms with van der Waals surface area (Å²) in [5, 5.41) is 19.2. The Hall–Kier alpha value is -2.89. The number of pyridine rings is 1. The molecule has 160 valence electrons. The number of nitrogens with zero attached hydrogens (tertiary/aromatic N) is 4. The third-order valence-electron chi connectivity index (χ3n) is 4.49. The van der Waals surface area contributed by atoms with Crippen molar-refractivity contribution in [3.63, 3.8) is 0 Å². The molecule has 0 radical (unpaired) electrons. The third kappa shape index (κ3) is 4.32. The first-order valence-electron chi connectivity index (χ1n) is 8.83. The quantitative estimate of drug-likeness (QED) is 0.635. The maximum absolute atomic E-state index is 15.5. The highest BCUT2D eigenvalue weighted by atomic mass is 19.3. The van der Waals surface area contributed by atoms with Crippen LogP contribution in [0.25, 0.3) is 6.08 Å². The van der Waals surface area contributed by atoms with Crippen LogP contribution in [0.3, 0.4) is 0 Å². The first-order valence-corrected chi connectivity index (χ1v) is 8.83. The van der Waals surface area contributed by atoms with Crippen LogP contribution in [-0.4, -0.2) is 42.0 Å². The maximum atomic E-state index is 15.5. The average molecular weight is 425 g/mol. The zero-order chi connectivity index (χ0) is 21.8. The number of ether oxygens (including phenoxy) is 1. The number of hydrogen-bond acceptors (Lipinski definition) is 7. The number of aromatic nitrogens is 1. The number of aliphatic hydroxyl groups is 1. The van der Waals surface area contributed by atoms with Crippen LogP contribution in [0.5, 0.6) is 0 Å². The zero-order valence-corrected chi connectivity index (χ0v) is 15.9. The summed E-state index contributed by atoms with van der Waals surface area (Å²) < 4.78 is 63.7. The monoisotopic (exact) mass is 425 g/mol. The third-order valence-corrected chi connectivity index (χ3v) is 4.49. The number of alkyl halides is 2. The van der Waals surface area contributed by atoms with E-state index in [2.05, 4.69) is 20.9 Å². The van der Waals surface area contributed by atoms with Gasteiger partial charge in [0.15, 0.2) is 5.60 Å². The molecular weight excluding hydrogens is 406 g/mol. The van der Waals surface area contributed by atoms with Crippen LogP contribution in [0.15, 0.2) is 52.9 Å². The molecule has 30 heavy (non-hydrogen) atoms. The van der Waals surface area contributed by atoms with Crippen LogP contribution >= 0.6 is 0 Å². The summed E-state index contributed by atoms with van der Waals surface area (Å²) in [7, 11) is 1.51. The molecule has 1 aromatic carbocycles. The summed E-state index contributed by atoms with van der Waals surface area (Å²) in [6.45, 7) is -0.606. The van der Waals surface area contributed by atoms with E-state index >= 15 is 8.78 Å². The van der Waals surface area contributed by atoms with Crippen molar-refractivity contribution >= 4 is 6.08 Å². The van der Waals surface area contributed by atoms with Crippen molar-refractivity contribution < 1.29 is 27.4 Å². The summed E-state index contributed by atoms with van der Waals surface area (Å²) >= 11 is 0. The van der Waals surface area contributed by atoms with E-state index < -0.39 is 41.0 Å². The Morgan fingerprint density at radius 3 is 2.67 bits per heavy atom. The number of hydrogen-bond donors (Lipinski definition) is 2. The minimum atomic E-state index is -4.05. The second kappa shape index (κ2) is 8.86. The molecule has 2 heterocycles. The predicted octanol–water partition coefficient (Wildman–Crippen LogP) is 3.14. The molecule has 0 saturated heterocycles. The number of halogens is 4. The molecule has 11 heteroatoms. The van der Waals surface area contributed by atoms with Crippen molar-refractivity contribution in [1.82, 2.24) is 15.5 Å². The topological polar surface area (TPSA) is 82.3 Å². The van der Waals surface area contributed by atoms with Crippen molar-refractivity contribution in [3.05, 3.63) is 71.1 Å². The van der Waals surface area contributed by atoms with E-state index in [0.717, 1.165) is 23.2 Å². The maximum Gasteiger partial charge on any atom is 0.323 e. The van der Waals surface area contributed by atoms with Crippen molar-refractivity contribution in [2.75, 3.05) is 26.9 Å². The number of rotatable bonds is 8. The largest absolute Gasteiger partial charge is 0.381 e. The first kappa shape index (κ1) is 21.8. The van der Waals surface area contributed by atoms with Gasteiger partial charge in [-0.05, 0) is 17.7 Å². The van der Waals surface area contributed by atoms with Gasteiger partial charge < -0.3 is 9.84 Å². The van der Waals surface area contributed by atoms with E-state index in [1.54, 1.807) is 12.2 Å². The molecule has 0 spiro atoms. The normalized spacial score (nSPS) is 16.7. The summed E-state index contributed by atoms with van der Waals surface area (Å²) in [5.74, 6) is -6.33. The fraction of sp³-hybridized carbons (Fsp3) is 0.316. The molecule has 1 unspecified atom stereocenters. The van der Waals surface area contributed by atoms with Crippen LogP contribution in [0.1, 0.15) is 16.8 Å². The summed E-state index contributed by atoms with van der Waals surface area (Å²) in [6, 6.07) is 4.42. The first-order chi connectivity index (χ1) is 14.3. The molecule has 1 aliphatic heterocycles. The molecule has 1 aromatic heterocycles. The van der Waals surface area contributed by atoms with Gasteiger partial charge >= 0.3 is 5.92 Å². The SMILES string of the molecule is COCC=Cc1ccc(C(F)(F)C(O)(CN2CN=NN2)c2ccc(F)cc2F)nc1. The van der Waals surface area contributed by atoms with E-state index in [0.29, 0.717) is 18.2 Å². The van der Waals surface area contributed by atoms with Gasteiger partial charge in [0.25, 0.3) is 0 Å². The fourth-order valence-corrected chi connectivity index (χ4v) is 2.96. The van der Waals surface area contributed by atoms with Gasteiger partial charge in [-0.1, -0.05) is 29.5 Å². The second-order valence-electron chi connectivity index (χ2n) is 6.57. The Kier molecular flexibility index (Phi) is 6.44. The van der Waals surface area contributed by atoms with Gasteiger partial charge in [0.05, 0.1) is 13.2 Å².